The van der Waals surface area contributed by atoms with E-state index in [1.165, 1.54) is 12.1 Å². The Bertz CT molecular complexity index is 989. The summed E-state index contributed by atoms with van der Waals surface area (Å²) in [4.78, 5) is 0. The summed E-state index contributed by atoms with van der Waals surface area (Å²) in [7, 11) is 0. The van der Waals surface area contributed by atoms with Crippen LogP contribution in [0.3, 0.4) is 0 Å². The van der Waals surface area contributed by atoms with Crippen LogP contribution >= 0.6 is 0 Å². The first-order valence-electron chi connectivity index (χ1n) is 10.8. The van der Waals surface area contributed by atoms with Crippen molar-refractivity contribution in [2.45, 2.75) is 58.3 Å². The zero-order chi connectivity index (χ0) is 22.4. The first kappa shape index (κ1) is 23.1. The molecular formula is C27H28F4. The summed E-state index contributed by atoms with van der Waals surface area (Å²) < 4.78 is 57.7. The fraction of sp³-hybridized carbons (Fsp3) is 0.333. The van der Waals surface area contributed by atoms with Crippen LogP contribution in [0.5, 0.6) is 0 Å². The maximum Gasteiger partial charge on any atom is 0.252 e. The second kappa shape index (κ2) is 10.1. The maximum atomic E-state index is 14.7. The van der Waals surface area contributed by atoms with E-state index in [-0.39, 0.29) is 17.5 Å². The minimum atomic E-state index is -3.04. The van der Waals surface area contributed by atoms with Gasteiger partial charge in [-0.25, -0.2) is 17.6 Å². The molecule has 0 aromatic heterocycles. The lowest BCUT2D eigenvalue weighted by Crippen LogP contribution is -2.20. The Morgan fingerprint density at radius 2 is 1.26 bits per heavy atom. The molecule has 0 aliphatic heterocycles. The molecular weight excluding hydrogens is 400 g/mol. The van der Waals surface area contributed by atoms with Crippen molar-refractivity contribution in [3.63, 3.8) is 0 Å². The van der Waals surface area contributed by atoms with Crippen molar-refractivity contribution in [1.82, 2.24) is 0 Å². The summed E-state index contributed by atoms with van der Waals surface area (Å²) in [6.07, 6.45) is 1.87. The van der Waals surface area contributed by atoms with Crippen molar-refractivity contribution in [2.75, 3.05) is 0 Å². The molecule has 0 N–H and O–H groups in total. The van der Waals surface area contributed by atoms with Crippen molar-refractivity contribution >= 4 is 0 Å². The van der Waals surface area contributed by atoms with Gasteiger partial charge in [-0.05, 0) is 35.6 Å². The third kappa shape index (κ3) is 5.96. The second-order valence-corrected chi connectivity index (χ2v) is 8.19. The molecule has 0 saturated heterocycles. The standard InChI is InChI=1S/C27H28F4/c1-3-4-5-6-17-27(30,31)18-23-15-16-24(26(29)25(23)28)22-13-11-21(12-14-22)20-9-7-19(2)8-10-20/h7-16H,3-6,17-18H2,1-2H3. The van der Waals surface area contributed by atoms with Crippen LogP contribution in [-0.4, -0.2) is 5.92 Å². The van der Waals surface area contributed by atoms with Crippen LogP contribution in [0.4, 0.5) is 17.6 Å². The highest BCUT2D eigenvalue weighted by atomic mass is 19.3. The summed E-state index contributed by atoms with van der Waals surface area (Å²) in [5.74, 6) is -5.31. The molecule has 0 aliphatic rings. The van der Waals surface area contributed by atoms with Gasteiger partial charge in [0.1, 0.15) is 0 Å². The Labute approximate surface area is 181 Å². The summed E-state index contributed by atoms with van der Waals surface area (Å²) >= 11 is 0. The van der Waals surface area contributed by atoms with E-state index in [4.69, 9.17) is 0 Å². The molecule has 0 amide bonds. The van der Waals surface area contributed by atoms with Crippen molar-refractivity contribution < 1.29 is 17.6 Å². The summed E-state index contributed by atoms with van der Waals surface area (Å²) in [6.45, 7) is 4.02. The van der Waals surface area contributed by atoms with Gasteiger partial charge in [0, 0.05) is 18.4 Å². The van der Waals surface area contributed by atoms with E-state index >= 15 is 0 Å². The Kier molecular flexibility index (Phi) is 7.53. The van der Waals surface area contributed by atoms with Crippen LogP contribution in [0.15, 0.2) is 60.7 Å². The summed E-state index contributed by atoms with van der Waals surface area (Å²) in [5.41, 5.74) is 3.44. The van der Waals surface area contributed by atoms with E-state index in [2.05, 4.69) is 0 Å². The fourth-order valence-corrected chi connectivity index (χ4v) is 3.71. The van der Waals surface area contributed by atoms with Gasteiger partial charge in [0.05, 0.1) is 0 Å². The molecule has 0 unspecified atom stereocenters. The molecule has 0 spiro atoms. The van der Waals surface area contributed by atoms with Gasteiger partial charge in [-0.15, -0.1) is 0 Å². The molecule has 0 fully saturated rings. The second-order valence-electron chi connectivity index (χ2n) is 8.19. The lowest BCUT2D eigenvalue weighted by Gasteiger charge is -2.17. The van der Waals surface area contributed by atoms with E-state index in [0.717, 1.165) is 36.0 Å². The van der Waals surface area contributed by atoms with Gasteiger partial charge >= 0.3 is 0 Å². The fourth-order valence-electron chi connectivity index (χ4n) is 3.71. The third-order valence-corrected chi connectivity index (χ3v) is 5.59. The van der Waals surface area contributed by atoms with Gasteiger partial charge in [-0.3, -0.25) is 0 Å². The number of unbranched alkanes of at least 4 members (excludes halogenated alkanes) is 3. The van der Waals surface area contributed by atoms with Gasteiger partial charge in [-0.1, -0.05) is 92.4 Å². The zero-order valence-corrected chi connectivity index (χ0v) is 18.0. The average molecular weight is 429 g/mol. The normalized spacial score (nSPS) is 11.7. The predicted octanol–water partition coefficient (Wildman–Crippen LogP) is 8.76. The van der Waals surface area contributed by atoms with Crippen LogP contribution in [0.25, 0.3) is 22.3 Å². The molecule has 4 heteroatoms. The smallest absolute Gasteiger partial charge is 0.207 e. The molecule has 0 saturated carbocycles. The van der Waals surface area contributed by atoms with Crippen LogP contribution in [-0.2, 0) is 6.42 Å². The van der Waals surface area contributed by atoms with E-state index in [0.29, 0.717) is 12.0 Å². The SMILES string of the molecule is CCCCCCC(F)(F)Cc1ccc(-c2ccc(-c3ccc(C)cc3)cc2)c(F)c1F. The van der Waals surface area contributed by atoms with Crippen LogP contribution in [0.2, 0.25) is 0 Å². The van der Waals surface area contributed by atoms with Crippen LogP contribution in [0.1, 0.15) is 50.2 Å². The van der Waals surface area contributed by atoms with Crippen LogP contribution < -0.4 is 0 Å². The van der Waals surface area contributed by atoms with Gasteiger partial charge < -0.3 is 0 Å². The lowest BCUT2D eigenvalue weighted by molar-refractivity contribution is -0.0103. The predicted molar refractivity (Wildman–Crippen MR) is 119 cm³/mol. The highest BCUT2D eigenvalue weighted by Gasteiger charge is 2.30. The topological polar surface area (TPSA) is 0 Å². The molecule has 3 rings (SSSR count). The van der Waals surface area contributed by atoms with Gasteiger partial charge in [0.15, 0.2) is 11.6 Å². The number of rotatable bonds is 9. The molecule has 31 heavy (non-hydrogen) atoms. The Hall–Kier alpha value is -2.62. The maximum absolute atomic E-state index is 14.7. The molecule has 0 atom stereocenters. The number of hydrogen-bond acceptors (Lipinski definition) is 0. The quantitative estimate of drug-likeness (QED) is 0.236. The molecule has 3 aromatic rings. The van der Waals surface area contributed by atoms with Crippen molar-refractivity contribution in [3.8, 4) is 22.3 Å². The number of alkyl halides is 2. The van der Waals surface area contributed by atoms with Crippen LogP contribution in [0, 0.1) is 18.6 Å². The van der Waals surface area contributed by atoms with Crippen molar-refractivity contribution in [3.05, 3.63) is 83.4 Å². The number of halogens is 4. The average Bonchev–Trinajstić information content (AvgIpc) is 2.75. The Balaban J connectivity index is 1.76. The third-order valence-electron chi connectivity index (χ3n) is 5.59. The Morgan fingerprint density at radius 3 is 1.87 bits per heavy atom. The first-order chi connectivity index (χ1) is 14.8. The van der Waals surface area contributed by atoms with Gasteiger partial charge in [0.2, 0.25) is 0 Å². The molecule has 3 aromatic carbocycles. The minimum Gasteiger partial charge on any atom is -0.207 e. The summed E-state index contributed by atoms with van der Waals surface area (Å²) in [5, 5.41) is 0. The van der Waals surface area contributed by atoms with Gasteiger partial charge in [0.25, 0.3) is 5.92 Å². The largest absolute Gasteiger partial charge is 0.252 e. The zero-order valence-electron chi connectivity index (χ0n) is 18.0. The molecule has 0 radical (unpaired) electrons. The highest BCUT2D eigenvalue weighted by Crippen LogP contribution is 2.32. The number of aryl methyl sites for hydroxylation is 1. The first-order valence-corrected chi connectivity index (χ1v) is 10.8. The van der Waals surface area contributed by atoms with E-state index < -0.39 is 24.0 Å². The van der Waals surface area contributed by atoms with Gasteiger partial charge in [-0.2, -0.15) is 0 Å². The molecule has 0 aliphatic carbocycles. The molecule has 164 valence electrons. The lowest BCUT2D eigenvalue weighted by atomic mass is 9.96. The van der Waals surface area contributed by atoms with Crippen molar-refractivity contribution in [2.24, 2.45) is 0 Å². The molecule has 0 heterocycles. The van der Waals surface area contributed by atoms with E-state index in [9.17, 15) is 17.6 Å². The Morgan fingerprint density at radius 1 is 0.677 bits per heavy atom. The van der Waals surface area contributed by atoms with E-state index in [1.54, 1.807) is 12.1 Å². The summed E-state index contributed by atoms with van der Waals surface area (Å²) in [6, 6.07) is 17.8. The molecule has 0 nitrogen and oxygen atoms in total. The highest BCUT2D eigenvalue weighted by molar-refractivity contribution is 5.71. The number of hydrogen-bond donors (Lipinski definition) is 0. The monoisotopic (exact) mass is 428 g/mol. The minimum absolute atomic E-state index is 0.0722. The van der Waals surface area contributed by atoms with Crippen molar-refractivity contribution in [1.29, 1.82) is 0 Å². The number of benzene rings is 3. The molecule has 0 bridgehead atoms. The van der Waals surface area contributed by atoms with E-state index in [1.807, 2.05) is 50.2 Å².